The number of phenols is 1. The zero-order chi connectivity index (χ0) is 15.3. The molecule has 0 radical (unpaired) electrons. The number of aliphatic carboxylic acids is 1. The Morgan fingerprint density at radius 3 is 2.50 bits per heavy atom. The number of hydrogen-bond donors (Lipinski definition) is 3. The van der Waals surface area contributed by atoms with Gasteiger partial charge in [-0.1, -0.05) is 0 Å². The van der Waals surface area contributed by atoms with Crippen LogP contribution in [0.1, 0.15) is 34.8 Å². The molecule has 0 saturated carbocycles. The SMILES string of the molecule is COC(=O)c1cc(C(N)CCC(=O)O)c(OC)cc1O. The average molecular weight is 283 g/mol. The minimum atomic E-state index is -0.966. The number of benzene rings is 1. The van der Waals surface area contributed by atoms with Crippen LogP contribution in [0.4, 0.5) is 0 Å². The topological polar surface area (TPSA) is 119 Å². The van der Waals surface area contributed by atoms with Crippen LogP contribution in [-0.2, 0) is 9.53 Å². The summed E-state index contributed by atoms with van der Waals surface area (Å²) >= 11 is 0. The highest BCUT2D eigenvalue weighted by atomic mass is 16.5. The lowest BCUT2D eigenvalue weighted by Crippen LogP contribution is -2.15. The second-order valence-corrected chi connectivity index (χ2v) is 4.14. The molecule has 0 bridgehead atoms. The Morgan fingerprint density at radius 2 is 2.00 bits per heavy atom. The zero-order valence-electron chi connectivity index (χ0n) is 11.3. The number of aromatic hydroxyl groups is 1. The van der Waals surface area contributed by atoms with Crippen molar-refractivity contribution in [2.75, 3.05) is 14.2 Å². The van der Waals surface area contributed by atoms with Gasteiger partial charge in [-0.15, -0.1) is 0 Å². The Balaban J connectivity index is 3.15. The largest absolute Gasteiger partial charge is 0.507 e. The summed E-state index contributed by atoms with van der Waals surface area (Å²) in [5.74, 6) is -1.68. The van der Waals surface area contributed by atoms with Crippen molar-refractivity contribution >= 4 is 11.9 Å². The number of carboxylic acids is 1. The number of carboxylic acid groups (broad SMARTS) is 1. The number of ether oxygens (including phenoxy) is 2. The van der Waals surface area contributed by atoms with Crippen LogP contribution in [0.3, 0.4) is 0 Å². The van der Waals surface area contributed by atoms with E-state index in [1.54, 1.807) is 0 Å². The van der Waals surface area contributed by atoms with Gasteiger partial charge in [-0.25, -0.2) is 4.79 Å². The lowest BCUT2D eigenvalue weighted by atomic mass is 9.99. The summed E-state index contributed by atoms with van der Waals surface area (Å²) in [5, 5.41) is 18.4. The molecule has 4 N–H and O–H groups in total. The van der Waals surface area contributed by atoms with E-state index in [9.17, 15) is 14.7 Å². The van der Waals surface area contributed by atoms with Crippen molar-refractivity contribution in [1.29, 1.82) is 0 Å². The molecule has 0 spiro atoms. The van der Waals surface area contributed by atoms with Gasteiger partial charge >= 0.3 is 11.9 Å². The lowest BCUT2D eigenvalue weighted by Gasteiger charge is -2.17. The maximum Gasteiger partial charge on any atom is 0.341 e. The van der Waals surface area contributed by atoms with Crippen molar-refractivity contribution in [1.82, 2.24) is 0 Å². The van der Waals surface area contributed by atoms with Gasteiger partial charge in [-0.3, -0.25) is 4.79 Å². The van der Waals surface area contributed by atoms with E-state index in [4.69, 9.17) is 15.6 Å². The molecular weight excluding hydrogens is 266 g/mol. The minimum Gasteiger partial charge on any atom is -0.507 e. The van der Waals surface area contributed by atoms with Crippen molar-refractivity contribution in [3.05, 3.63) is 23.3 Å². The first-order chi connectivity index (χ1) is 9.40. The van der Waals surface area contributed by atoms with Crippen LogP contribution >= 0.6 is 0 Å². The summed E-state index contributed by atoms with van der Waals surface area (Å²) in [6, 6.07) is 1.97. The molecule has 20 heavy (non-hydrogen) atoms. The van der Waals surface area contributed by atoms with Crippen LogP contribution in [-0.4, -0.2) is 36.4 Å². The summed E-state index contributed by atoms with van der Waals surface area (Å²) in [4.78, 5) is 22.1. The Kier molecular flexibility index (Phi) is 5.33. The van der Waals surface area contributed by atoms with Gasteiger partial charge in [0.25, 0.3) is 0 Å². The van der Waals surface area contributed by atoms with Gasteiger partial charge in [0.05, 0.1) is 14.2 Å². The average Bonchev–Trinajstić information content (AvgIpc) is 2.43. The molecule has 1 rings (SSSR count). The fraction of sp³-hybridized carbons (Fsp3) is 0.385. The normalized spacial score (nSPS) is 11.8. The second kappa shape index (κ2) is 6.76. The molecule has 110 valence electrons. The predicted molar refractivity (Wildman–Crippen MR) is 69.8 cm³/mol. The standard InChI is InChI=1S/C13H17NO6/c1-19-11-6-10(15)8(13(18)20-2)5-7(11)9(14)3-4-12(16)17/h5-6,9,15H,3-4,14H2,1-2H3,(H,16,17). The number of phenolic OH excluding ortho intramolecular Hbond substituents is 1. The number of carbonyl (C=O) groups excluding carboxylic acids is 1. The third-order valence-corrected chi connectivity index (χ3v) is 2.82. The van der Waals surface area contributed by atoms with Gasteiger partial charge in [0, 0.05) is 24.1 Å². The monoisotopic (exact) mass is 283 g/mol. The van der Waals surface area contributed by atoms with E-state index >= 15 is 0 Å². The van der Waals surface area contributed by atoms with Crippen LogP contribution in [0.5, 0.6) is 11.5 Å². The molecular formula is C13H17NO6. The van der Waals surface area contributed by atoms with E-state index in [0.29, 0.717) is 5.56 Å². The quantitative estimate of drug-likeness (QED) is 0.667. The van der Waals surface area contributed by atoms with E-state index in [0.717, 1.165) is 0 Å². The van der Waals surface area contributed by atoms with Gasteiger partial charge in [0.2, 0.25) is 0 Å². The van der Waals surface area contributed by atoms with E-state index in [1.165, 1.54) is 26.4 Å². The van der Waals surface area contributed by atoms with E-state index in [2.05, 4.69) is 4.74 Å². The molecule has 1 atom stereocenters. The zero-order valence-corrected chi connectivity index (χ0v) is 11.3. The highest BCUT2D eigenvalue weighted by Crippen LogP contribution is 2.33. The molecule has 0 saturated heterocycles. The highest BCUT2D eigenvalue weighted by Gasteiger charge is 2.20. The fourth-order valence-electron chi connectivity index (χ4n) is 1.76. The maximum absolute atomic E-state index is 11.5. The van der Waals surface area contributed by atoms with Gasteiger partial charge in [0.15, 0.2) is 0 Å². The van der Waals surface area contributed by atoms with Gasteiger partial charge < -0.3 is 25.4 Å². The Morgan fingerprint density at radius 1 is 1.35 bits per heavy atom. The molecule has 0 amide bonds. The molecule has 1 aromatic carbocycles. The molecule has 1 unspecified atom stereocenters. The molecule has 0 aliphatic heterocycles. The maximum atomic E-state index is 11.5. The number of hydrogen-bond acceptors (Lipinski definition) is 6. The van der Waals surface area contributed by atoms with E-state index in [1.807, 2.05) is 0 Å². The van der Waals surface area contributed by atoms with Crippen LogP contribution in [0, 0.1) is 0 Å². The van der Waals surface area contributed by atoms with Crippen molar-refractivity contribution in [3.63, 3.8) is 0 Å². The molecule has 0 aliphatic carbocycles. The number of methoxy groups -OCH3 is 2. The van der Waals surface area contributed by atoms with Gasteiger partial charge in [-0.2, -0.15) is 0 Å². The third kappa shape index (κ3) is 3.61. The first-order valence-electron chi connectivity index (χ1n) is 5.87. The fourth-order valence-corrected chi connectivity index (χ4v) is 1.76. The molecule has 0 fully saturated rings. The van der Waals surface area contributed by atoms with Crippen LogP contribution in [0.2, 0.25) is 0 Å². The lowest BCUT2D eigenvalue weighted by molar-refractivity contribution is -0.137. The first kappa shape index (κ1) is 15.8. The smallest absolute Gasteiger partial charge is 0.341 e. The highest BCUT2D eigenvalue weighted by molar-refractivity contribution is 5.93. The summed E-state index contributed by atoms with van der Waals surface area (Å²) in [7, 11) is 2.58. The number of nitrogens with two attached hydrogens (primary N) is 1. The van der Waals surface area contributed by atoms with Crippen molar-refractivity contribution in [3.8, 4) is 11.5 Å². The molecule has 7 nitrogen and oxygen atoms in total. The van der Waals surface area contributed by atoms with Crippen molar-refractivity contribution < 1.29 is 29.3 Å². The Labute approximate surface area is 115 Å². The Bertz CT molecular complexity index is 514. The molecule has 7 heteroatoms. The molecule has 0 aliphatic rings. The Hall–Kier alpha value is -2.28. The van der Waals surface area contributed by atoms with E-state index < -0.39 is 18.0 Å². The minimum absolute atomic E-state index is 0.0472. The summed E-state index contributed by atoms with van der Waals surface area (Å²) in [6.45, 7) is 0. The summed E-state index contributed by atoms with van der Waals surface area (Å²) in [5.41, 5.74) is 6.29. The molecule has 0 heterocycles. The third-order valence-electron chi connectivity index (χ3n) is 2.82. The molecule has 1 aromatic rings. The molecule has 0 aromatic heterocycles. The number of esters is 1. The van der Waals surface area contributed by atoms with Crippen molar-refractivity contribution in [2.24, 2.45) is 5.73 Å². The predicted octanol–water partition coefficient (Wildman–Crippen LogP) is 1.05. The van der Waals surface area contributed by atoms with Crippen molar-refractivity contribution in [2.45, 2.75) is 18.9 Å². The first-order valence-corrected chi connectivity index (χ1v) is 5.87. The summed E-state index contributed by atoms with van der Waals surface area (Å²) < 4.78 is 9.63. The van der Waals surface area contributed by atoms with Gasteiger partial charge in [0.1, 0.15) is 17.1 Å². The number of carbonyl (C=O) groups is 2. The van der Waals surface area contributed by atoms with Crippen LogP contribution in [0.15, 0.2) is 12.1 Å². The number of rotatable bonds is 6. The van der Waals surface area contributed by atoms with Gasteiger partial charge in [-0.05, 0) is 12.5 Å². The second-order valence-electron chi connectivity index (χ2n) is 4.14. The van der Waals surface area contributed by atoms with E-state index in [-0.39, 0.29) is 29.9 Å². The summed E-state index contributed by atoms with van der Waals surface area (Å²) in [6.07, 6.45) is 0.0653. The van der Waals surface area contributed by atoms with Crippen LogP contribution < -0.4 is 10.5 Å². The van der Waals surface area contributed by atoms with Crippen LogP contribution in [0.25, 0.3) is 0 Å².